The Labute approximate surface area is 106 Å². The molecule has 2 N–H and O–H groups in total. The Bertz CT molecular complexity index is 428. The molecule has 0 aliphatic carbocycles. The van der Waals surface area contributed by atoms with E-state index in [1.165, 1.54) is 0 Å². The van der Waals surface area contributed by atoms with Crippen LogP contribution in [0.5, 0.6) is 0 Å². The van der Waals surface area contributed by atoms with Crippen LogP contribution in [-0.4, -0.2) is 12.0 Å². The standard InChI is InChI=1S/C11H11ClF5N/c1-10(18,9(13)14)5-6-4-7(11(15,16)17)2-3-8(6)12/h2-4,9H,5,18H2,1H3. The number of alkyl halides is 5. The summed E-state index contributed by atoms with van der Waals surface area (Å²) < 4.78 is 62.6. The maximum atomic E-state index is 12.6. The Morgan fingerprint density at radius 1 is 1.28 bits per heavy atom. The van der Waals surface area contributed by atoms with Crippen molar-refractivity contribution in [2.24, 2.45) is 5.73 Å². The number of hydrogen-bond donors (Lipinski definition) is 1. The first-order valence-electron chi connectivity index (χ1n) is 4.96. The van der Waals surface area contributed by atoms with Crippen molar-refractivity contribution >= 4 is 11.6 Å². The molecule has 1 rings (SSSR count). The lowest BCUT2D eigenvalue weighted by Crippen LogP contribution is -2.45. The van der Waals surface area contributed by atoms with Gasteiger partial charge in [-0.1, -0.05) is 11.6 Å². The first-order valence-corrected chi connectivity index (χ1v) is 5.34. The summed E-state index contributed by atoms with van der Waals surface area (Å²) in [5.41, 5.74) is 2.42. The summed E-state index contributed by atoms with van der Waals surface area (Å²) in [4.78, 5) is 0. The Morgan fingerprint density at radius 2 is 1.83 bits per heavy atom. The van der Waals surface area contributed by atoms with Gasteiger partial charge in [0.25, 0.3) is 6.43 Å². The highest BCUT2D eigenvalue weighted by Crippen LogP contribution is 2.33. The maximum Gasteiger partial charge on any atom is 0.416 e. The molecule has 1 aromatic rings. The summed E-state index contributed by atoms with van der Waals surface area (Å²) in [6.07, 6.45) is -7.84. The van der Waals surface area contributed by atoms with E-state index in [0.717, 1.165) is 25.1 Å². The van der Waals surface area contributed by atoms with Crippen LogP contribution in [-0.2, 0) is 12.6 Å². The third kappa shape index (κ3) is 3.55. The van der Waals surface area contributed by atoms with E-state index < -0.39 is 30.1 Å². The van der Waals surface area contributed by atoms with E-state index in [1.54, 1.807) is 0 Å². The number of rotatable bonds is 3. The summed E-state index contributed by atoms with van der Waals surface area (Å²) in [5.74, 6) is 0. The van der Waals surface area contributed by atoms with Gasteiger partial charge in [0.1, 0.15) is 0 Å². The molecular weight excluding hydrogens is 277 g/mol. The molecule has 1 atom stereocenters. The fraction of sp³-hybridized carbons (Fsp3) is 0.455. The number of nitrogens with two attached hydrogens (primary N) is 1. The fourth-order valence-corrected chi connectivity index (χ4v) is 1.56. The lowest BCUT2D eigenvalue weighted by molar-refractivity contribution is -0.137. The lowest BCUT2D eigenvalue weighted by atomic mass is 9.93. The van der Waals surface area contributed by atoms with Gasteiger partial charge in [-0.05, 0) is 37.1 Å². The van der Waals surface area contributed by atoms with Crippen LogP contribution in [0.2, 0.25) is 5.02 Å². The van der Waals surface area contributed by atoms with Crippen molar-refractivity contribution in [1.82, 2.24) is 0 Å². The smallest absolute Gasteiger partial charge is 0.320 e. The largest absolute Gasteiger partial charge is 0.416 e. The second kappa shape index (κ2) is 5.01. The van der Waals surface area contributed by atoms with Gasteiger partial charge in [0.2, 0.25) is 0 Å². The van der Waals surface area contributed by atoms with Crippen LogP contribution in [0, 0.1) is 0 Å². The molecule has 0 fully saturated rings. The van der Waals surface area contributed by atoms with Crippen LogP contribution in [0.4, 0.5) is 22.0 Å². The third-order valence-corrected chi connectivity index (χ3v) is 2.81. The Balaban J connectivity index is 3.10. The minimum atomic E-state index is -4.55. The van der Waals surface area contributed by atoms with Gasteiger partial charge in [-0.2, -0.15) is 13.2 Å². The van der Waals surface area contributed by atoms with Gasteiger partial charge in [0, 0.05) is 5.02 Å². The monoisotopic (exact) mass is 287 g/mol. The molecule has 7 heteroatoms. The minimum Gasteiger partial charge on any atom is -0.320 e. The Morgan fingerprint density at radius 3 is 2.28 bits per heavy atom. The zero-order valence-electron chi connectivity index (χ0n) is 9.36. The van der Waals surface area contributed by atoms with Crippen molar-refractivity contribution in [3.63, 3.8) is 0 Å². The number of hydrogen-bond acceptors (Lipinski definition) is 1. The Hall–Kier alpha value is -0.880. The summed E-state index contributed by atoms with van der Waals surface area (Å²) in [6.45, 7) is 1.06. The van der Waals surface area contributed by atoms with Gasteiger partial charge in [-0.3, -0.25) is 0 Å². The van der Waals surface area contributed by atoms with Crippen LogP contribution < -0.4 is 5.73 Å². The summed E-state index contributed by atoms with van der Waals surface area (Å²) >= 11 is 5.69. The average molecular weight is 288 g/mol. The van der Waals surface area contributed by atoms with E-state index >= 15 is 0 Å². The van der Waals surface area contributed by atoms with Crippen molar-refractivity contribution in [3.05, 3.63) is 34.3 Å². The first kappa shape index (κ1) is 15.2. The highest BCUT2D eigenvalue weighted by Gasteiger charge is 2.34. The second-order valence-corrected chi connectivity index (χ2v) is 4.69. The Kier molecular flexibility index (Phi) is 4.23. The van der Waals surface area contributed by atoms with E-state index in [2.05, 4.69) is 0 Å². The summed E-state index contributed by atoms with van der Waals surface area (Å²) in [7, 11) is 0. The van der Waals surface area contributed by atoms with Crippen LogP contribution in [0.1, 0.15) is 18.1 Å². The highest BCUT2D eigenvalue weighted by molar-refractivity contribution is 6.31. The molecule has 0 radical (unpaired) electrons. The maximum absolute atomic E-state index is 12.6. The normalized spacial score (nSPS) is 15.8. The molecule has 0 aliphatic heterocycles. The van der Waals surface area contributed by atoms with E-state index in [1.807, 2.05) is 0 Å². The lowest BCUT2D eigenvalue weighted by Gasteiger charge is -2.24. The van der Waals surface area contributed by atoms with Crippen molar-refractivity contribution in [1.29, 1.82) is 0 Å². The van der Waals surface area contributed by atoms with E-state index in [0.29, 0.717) is 0 Å². The molecule has 0 saturated heterocycles. The number of benzene rings is 1. The zero-order valence-corrected chi connectivity index (χ0v) is 10.1. The highest BCUT2D eigenvalue weighted by atomic mass is 35.5. The van der Waals surface area contributed by atoms with Crippen LogP contribution in [0.25, 0.3) is 0 Å². The molecule has 1 nitrogen and oxygen atoms in total. The fourth-order valence-electron chi connectivity index (χ4n) is 1.37. The molecular formula is C11H11ClF5N. The van der Waals surface area contributed by atoms with E-state index in [4.69, 9.17) is 17.3 Å². The van der Waals surface area contributed by atoms with Crippen molar-refractivity contribution in [2.45, 2.75) is 31.5 Å². The third-order valence-electron chi connectivity index (χ3n) is 2.44. The quantitative estimate of drug-likeness (QED) is 0.839. The number of halogens is 6. The van der Waals surface area contributed by atoms with E-state index in [9.17, 15) is 22.0 Å². The molecule has 0 amide bonds. The molecule has 18 heavy (non-hydrogen) atoms. The van der Waals surface area contributed by atoms with Crippen LogP contribution in [0.15, 0.2) is 18.2 Å². The topological polar surface area (TPSA) is 26.0 Å². The summed E-state index contributed by atoms with van der Waals surface area (Å²) in [6, 6.07) is 2.57. The molecule has 0 aliphatic rings. The average Bonchev–Trinajstić information content (AvgIpc) is 2.19. The SMILES string of the molecule is CC(N)(Cc1cc(C(F)(F)F)ccc1Cl)C(F)F. The van der Waals surface area contributed by atoms with Gasteiger partial charge in [-0.25, -0.2) is 8.78 Å². The molecule has 0 aromatic heterocycles. The van der Waals surface area contributed by atoms with Crippen molar-refractivity contribution < 1.29 is 22.0 Å². The molecule has 0 spiro atoms. The van der Waals surface area contributed by atoms with Gasteiger partial charge in [0.15, 0.2) is 0 Å². The minimum absolute atomic E-state index is 0.0136. The van der Waals surface area contributed by atoms with Crippen LogP contribution >= 0.6 is 11.6 Å². The van der Waals surface area contributed by atoms with E-state index in [-0.39, 0.29) is 10.6 Å². The first-order chi connectivity index (χ1) is 8.04. The molecule has 0 heterocycles. The predicted molar refractivity (Wildman–Crippen MR) is 58.8 cm³/mol. The summed E-state index contributed by atoms with van der Waals surface area (Å²) in [5, 5.41) is -0.0136. The predicted octanol–water partition coefficient (Wildman–Crippen LogP) is 3.88. The molecule has 1 aromatic carbocycles. The molecule has 0 bridgehead atoms. The van der Waals surface area contributed by atoms with Crippen molar-refractivity contribution in [3.8, 4) is 0 Å². The van der Waals surface area contributed by atoms with Gasteiger partial charge >= 0.3 is 6.18 Å². The van der Waals surface area contributed by atoms with Crippen molar-refractivity contribution in [2.75, 3.05) is 0 Å². The molecule has 0 saturated carbocycles. The van der Waals surface area contributed by atoms with Gasteiger partial charge in [0.05, 0.1) is 11.1 Å². The second-order valence-electron chi connectivity index (χ2n) is 4.29. The molecule has 102 valence electrons. The van der Waals surface area contributed by atoms with Crippen LogP contribution in [0.3, 0.4) is 0 Å². The zero-order chi connectivity index (χ0) is 14.1. The molecule has 1 unspecified atom stereocenters. The van der Waals surface area contributed by atoms with Gasteiger partial charge in [-0.15, -0.1) is 0 Å². The van der Waals surface area contributed by atoms with Gasteiger partial charge < -0.3 is 5.73 Å².